The van der Waals surface area contributed by atoms with E-state index in [4.69, 9.17) is 0 Å². The van der Waals surface area contributed by atoms with Crippen molar-refractivity contribution in [2.24, 2.45) is 0 Å². The summed E-state index contributed by atoms with van der Waals surface area (Å²) >= 11 is 0. The number of rotatable bonds is 2. The molecule has 0 heterocycles. The molecule has 0 saturated heterocycles. The summed E-state index contributed by atoms with van der Waals surface area (Å²) in [5.74, 6) is 0. The topological polar surface area (TPSA) is 0 Å². The van der Waals surface area contributed by atoms with E-state index in [9.17, 15) is 0 Å². The van der Waals surface area contributed by atoms with E-state index < -0.39 is 0 Å². The molecule has 1 aromatic rings. The number of hydrogen-bond donors (Lipinski definition) is 0. The quantitative estimate of drug-likeness (QED) is 0.558. The molecule has 0 saturated carbocycles. The summed E-state index contributed by atoms with van der Waals surface area (Å²) in [6, 6.07) is 10.9. The number of benzene rings is 1. The molecule has 0 bridgehead atoms. The van der Waals surface area contributed by atoms with Gasteiger partial charge in [-0.25, -0.2) is 0 Å². The van der Waals surface area contributed by atoms with Gasteiger partial charge in [0.05, 0.1) is 0 Å². The fourth-order valence-corrected chi connectivity index (χ4v) is 0.975. The maximum absolute atomic E-state index is 3.73. The summed E-state index contributed by atoms with van der Waals surface area (Å²) in [7, 11) is 0. The van der Waals surface area contributed by atoms with E-state index in [0.717, 1.165) is 5.57 Å². The zero-order chi connectivity index (χ0) is 8.10. The smallest absolute Gasteiger partial charge is 0.0178 e. The van der Waals surface area contributed by atoms with Crippen LogP contribution in [-0.2, 0) is 0 Å². The second-order valence-corrected chi connectivity index (χ2v) is 2.24. The van der Waals surface area contributed by atoms with Crippen LogP contribution in [0.1, 0.15) is 12.5 Å². The molecule has 1 rings (SSSR count). The van der Waals surface area contributed by atoms with E-state index in [1.807, 2.05) is 43.3 Å². The SMILES string of the molecule is C=CC(=CC)c1c[c]ccc1. The Bertz CT molecular complexity index is 255. The minimum absolute atomic E-state index is 1.15. The Labute approximate surface area is 67.9 Å². The van der Waals surface area contributed by atoms with Crippen molar-refractivity contribution in [1.82, 2.24) is 0 Å². The normalized spacial score (nSPS) is 11.2. The third-order valence-corrected chi connectivity index (χ3v) is 1.57. The summed E-state index contributed by atoms with van der Waals surface area (Å²) in [6.45, 7) is 5.73. The van der Waals surface area contributed by atoms with E-state index in [-0.39, 0.29) is 0 Å². The van der Waals surface area contributed by atoms with E-state index in [1.54, 1.807) is 0 Å². The highest BCUT2D eigenvalue weighted by atomic mass is 14.0. The molecular formula is C11H11. The first-order valence-electron chi connectivity index (χ1n) is 3.63. The Balaban J connectivity index is 3.01. The van der Waals surface area contributed by atoms with E-state index >= 15 is 0 Å². The van der Waals surface area contributed by atoms with Gasteiger partial charge in [-0.05, 0) is 30.2 Å². The lowest BCUT2D eigenvalue weighted by molar-refractivity contribution is 1.59. The second kappa shape index (κ2) is 3.77. The Morgan fingerprint density at radius 2 is 2.45 bits per heavy atom. The van der Waals surface area contributed by atoms with Gasteiger partial charge in [-0.1, -0.05) is 36.9 Å². The van der Waals surface area contributed by atoms with Gasteiger partial charge in [-0.2, -0.15) is 0 Å². The monoisotopic (exact) mass is 143 g/mol. The minimum Gasteiger partial charge on any atom is -0.0985 e. The van der Waals surface area contributed by atoms with E-state index in [0.29, 0.717) is 0 Å². The van der Waals surface area contributed by atoms with E-state index in [1.165, 1.54) is 5.56 Å². The van der Waals surface area contributed by atoms with Crippen LogP contribution < -0.4 is 0 Å². The molecule has 0 aliphatic rings. The van der Waals surface area contributed by atoms with Crippen molar-refractivity contribution in [1.29, 1.82) is 0 Å². The average Bonchev–Trinajstić information content (AvgIpc) is 2.09. The van der Waals surface area contributed by atoms with Crippen molar-refractivity contribution in [3.8, 4) is 0 Å². The largest absolute Gasteiger partial charge is 0.0985 e. The fraction of sp³-hybridized carbons (Fsp3) is 0.0909. The van der Waals surface area contributed by atoms with Gasteiger partial charge in [-0.3, -0.25) is 0 Å². The summed E-state index contributed by atoms with van der Waals surface area (Å²) in [4.78, 5) is 0. The predicted molar refractivity (Wildman–Crippen MR) is 49.1 cm³/mol. The van der Waals surface area contributed by atoms with Crippen molar-refractivity contribution in [2.45, 2.75) is 6.92 Å². The van der Waals surface area contributed by atoms with Crippen LogP contribution in [0.4, 0.5) is 0 Å². The van der Waals surface area contributed by atoms with Gasteiger partial charge >= 0.3 is 0 Å². The summed E-state index contributed by atoms with van der Waals surface area (Å²) in [5, 5.41) is 0. The molecule has 11 heavy (non-hydrogen) atoms. The fourth-order valence-electron chi connectivity index (χ4n) is 0.975. The molecule has 0 aliphatic carbocycles. The van der Waals surface area contributed by atoms with Crippen LogP contribution in [0.2, 0.25) is 0 Å². The third-order valence-electron chi connectivity index (χ3n) is 1.57. The molecule has 0 aromatic heterocycles. The van der Waals surface area contributed by atoms with Crippen molar-refractivity contribution in [2.75, 3.05) is 0 Å². The molecule has 0 aliphatic heterocycles. The molecule has 55 valence electrons. The third kappa shape index (κ3) is 1.81. The highest BCUT2D eigenvalue weighted by Gasteiger charge is 1.91. The molecule has 0 unspecified atom stereocenters. The van der Waals surface area contributed by atoms with Crippen LogP contribution >= 0.6 is 0 Å². The zero-order valence-corrected chi connectivity index (χ0v) is 6.67. The van der Waals surface area contributed by atoms with Gasteiger partial charge in [0, 0.05) is 0 Å². The molecule has 0 fully saturated rings. The highest BCUT2D eigenvalue weighted by Crippen LogP contribution is 2.13. The summed E-state index contributed by atoms with van der Waals surface area (Å²) < 4.78 is 0. The van der Waals surface area contributed by atoms with Crippen molar-refractivity contribution in [3.05, 3.63) is 54.6 Å². The molecule has 0 spiro atoms. The summed E-state index contributed by atoms with van der Waals surface area (Å²) in [6.07, 6.45) is 3.89. The van der Waals surface area contributed by atoms with Crippen LogP contribution in [0.3, 0.4) is 0 Å². The maximum atomic E-state index is 3.73. The first-order valence-corrected chi connectivity index (χ1v) is 3.63. The summed E-state index contributed by atoms with van der Waals surface area (Å²) in [5.41, 5.74) is 2.33. The van der Waals surface area contributed by atoms with Gasteiger partial charge in [0.1, 0.15) is 0 Å². The Kier molecular flexibility index (Phi) is 2.67. The van der Waals surface area contributed by atoms with E-state index in [2.05, 4.69) is 12.6 Å². The van der Waals surface area contributed by atoms with Gasteiger partial charge in [0.2, 0.25) is 0 Å². The molecule has 0 N–H and O–H groups in total. The molecule has 0 nitrogen and oxygen atoms in total. The molecule has 0 atom stereocenters. The van der Waals surface area contributed by atoms with Crippen LogP contribution in [0.15, 0.2) is 43.0 Å². The predicted octanol–water partition coefficient (Wildman–Crippen LogP) is 3.08. The van der Waals surface area contributed by atoms with Crippen molar-refractivity contribution < 1.29 is 0 Å². The second-order valence-electron chi connectivity index (χ2n) is 2.24. The zero-order valence-electron chi connectivity index (χ0n) is 6.67. The first kappa shape index (κ1) is 7.80. The standard InChI is InChI=1S/C11H11/c1-3-10(4-2)11-8-6-5-7-9-11/h3-6,8-9H,1H2,2H3. The van der Waals surface area contributed by atoms with Crippen molar-refractivity contribution in [3.63, 3.8) is 0 Å². The lowest BCUT2D eigenvalue weighted by Crippen LogP contribution is -1.77. The molecule has 0 heteroatoms. The Morgan fingerprint density at radius 1 is 1.64 bits per heavy atom. The van der Waals surface area contributed by atoms with Crippen LogP contribution in [0.25, 0.3) is 5.57 Å². The van der Waals surface area contributed by atoms with Gasteiger partial charge in [-0.15, -0.1) is 0 Å². The van der Waals surface area contributed by atoms with Crippen molar-refractivity contribution >= 4 is 5.57 Å². The number of hydrogen-bond acceptors (Lipinski definition) is 0. The lowest BCUT2D eigenvalue weighted by Gasteiger charge is -1.98. The Hall–Kier alpha value is -1.30. The number of allylic oxidation sites excluding steroid dienone is 3. The van der Waals surface area contributed by atoms with Gasteiger partial charge in [0.15, 0.2) is 0 Å². The maximum Gasteiger partial charge on any atom is -0.0178 e. The van der Waals surface area contributed by atoms with Crippen LogP contribution in [-0.4, -0.2) is 0 Å². The minimum atomic E-state index is 1.15. The molecule has 1 aromatic carbocycles. The lowest BCUT2D eigenvalue weighted by atomic mass is 10.1. The van der Waals surface area contributed by atoms with Crippen LogP contribution in [0.5, 0.6) is 0 Å². The Morgan fingerprint density at radius 3 is 2.91 bits per heavy atom. The van der Waals surface area contributed by atoms with Gasteiger partial charge in [0.25, 0.3) is 0 Å². The van der Waals surface area contributed by atoms with Crippen LogP contribution in [0, 0.1) is 6.07 Å². The van der Waals surface area contributed by atoms with Gasteiger partial charge < -0.3 is 0 Å². The average molecular weight is 143 g/mol. The highest BCUT2D eigenvalue weighted by molar-refractivity contribution is 5.72. The first-order chi connectivity index (χ1) is 5.38. The molecule has 1 radical (unpaired) electrons. The molecular weight excluding hydrogens is 132 g/mol. The molecule has 0 amide bonds.